The van der Waals surface area contributed by atoms with Crippen molar-refractivity contribution in [2.75, 3.05) is 20.1 Å². The highest BCUT2D eigenvalue weighted by atomic mass is 79.9. The van der Waals surface area contributed by atoms with Gasteiger partial charge in [-0.2, -0.15) is 0 Å². The van der Waals surface area contributed by atoms with E-state index in [1.54, 1.807) is 0 Å². The van der Waals surface area contributed by atoms with Crippen molar-refractivity contribution in [1.29, 1.82) is 0 Å². The zero-order chi connectivity index (χ0) is 12.3. The van der Waals surface area contributed by atoms with E-state index in [1.807, 2.05) is 11.3 Å². The van der Waals surface area contributed by atoms with E-state index in [0.717, 1.165) is 12.5 Å². The van der Waals surface area contributed by atoms with Crippen molar-refractivity contribution in [3.8, 4) is 0 Å². The minimum atomic E-state index is 0.693. The molecular weight excluding hydrogens is 296 g/mol. The Morgan fingerprint density at radius 1 is 1.59 bits per heavy atom. The van der Waals surface area contributed by atoms with Gasteiger partial charge in [0.1, 0.15) is 0 Å². The van der Waals surface area contributed by atoms with E-state index < -0.39 is 0 Å². The first-order chi connectivity index (χ1) is 8.13. The molecule has 0 spiro atoms. The van der Waals surface area contributed by atoms with Crippen molar-refractivity contribution in [3.63, 3.8) is 0 Å². The van der Waals surface area contributed by atoms with E-state index >= 15 is 0 Å². The first kappa shape index (κ1) is 13.5. The van der Waals surface area contributed by atoms with Crippen LogP contribution >= 0.6 is 27.3 Å². The Morgan fingerprint density at radius 2 is 2.41 bits per heavy atom. The molecule has 0 aromatic carbocycles. The molecule has 2 nitrogen and oxygen atoms in total. The Kier molecular flexibility index (Phi) is 5.03. The summed E-state index contributed by atoms with van der Waals surface area (Å²) in [5.74, 6) is 0.861. The quantitative estimate of drug-likeness (QED) is 0.916. The lowest BCUT2D eigenvalue weighted by atomic mass is 9.93. The van der Waals surface area contributed by atoms with Crippen LogP contribution in [0.15, 0.2) is 15.9 Å². The fourth-order valence-corrected chi connectivity index (χ4v) is 4.14. The van der Waals surface area contributed by atoms with Gasteiger partial charge in [0.15, 0.2) is 0 Å². The molecule has 1 saturated heterocycles. The summed E-state index contributed by atoms with van der Waals surface area (Å²) in [6, 6.07) is 2.92. The third-order valence-corrected chi connectivity index (χ3v) is 5.03. The summed E-state index contributed by atoms with van der Waals surface area (Å²) in [5, 5.41) is 5.68. The predicted molar refractivity (Wildman–Crippen MR) is 78.5 cm³/mol. The largest absolute Gasteiger partial charge is 0.314 e. The number of halogens is 1. The van der Waals surface area contributed by atoms with Crippen LogP contribution in [0, 0.1) is 5.92 Å². The molecule has 2 heterocycles. The predicted octanol–water partition coefficient (Wildman–Crippen LogP) is 3.33. The SMILES string of the molecule is CC1CC(CN(C)Cc2cc(Br)cs2)CCN1. The molecule has 0 amide bonds. The number of piperidine rings is 1. The van der Waals surface area contributed by atoms with Gasteiger partial charge in [0.05, 0.1) is 0 Å². The van der Waals surface area contributed by atoms with Gasteiger partial charge in [-0.3, -0.25) is 0 Å². The van der Waals surface area contributed by atoms with Crippen LogP contribution in [0.2, 0.25) is 0 Å². The van der Waals surface area contributed by atoms with Gasteiger partial charge in [0.25, 0.3) is 0 Å². The topological polar surface area (TPSA) is 15.3 Å². The lowest BCUT2D eigenvalue weighted by Crippen LogP contribution is -2.39. The van der Waals surface area contributed by atoms with Crippen LogP contribution in [0.1, 0.15) is 24.6 Å². The van der Waals surface area contributed by atoms with Gasteiger partial charge in [-0.1, -0.05) is 0 Å². The minimum absolute atomic E-state index is 0.693. The molecule has 0 saturated carbocycles. The van der Waals surface area contributed by atoms with Crippen LogP contribution in [-0.2, 0) is 6.54 Å². The highest BCUT2D eigenvalue weighted by molar-refractivity contribution is 9.10. The van der Waals surface area contributed by atoms with E-state index in [1.165, 1.54) is 35.3 Å². The fraction of sp³-hybridized carbons (Fsp3) is 0.692. The third kappa shape index (κ3) is 4.36. The summed E-state index contributed by atoms with van der Waals surface area (Å²) in [4.78, 5) is 3.91. The van der Waals surface area contributed by atoms with E-state index in [0.29, 0.717) is 6.04 Å². The Hall–Kier alpha value is 0.1000. The smallest absolute Gasteiger partial charge is 0.0325 e. The summed E-state index contributed by atoms with van der Waals surface area (Å²) < 4.78 is 1.21. The summed E-state index contributed by atoms with van der Waals surface area (Å²) >= 11 is 5.35. The highest BCUT2D eigenvalue weighted by Crippen LogP contribution is 2.22. The third-order valence-electron chi connectivity index (χ3n) is 3.35. The van der Waals surface area contributed by atoms with E-state index in [2.05, 4.69) is 51.6 Å². The molecule has 17 heavy (non-hydrogen) atoms. The average molecular weight is 317 g/mol. The van der Waals surface area contributed by atoms with Crippen LogP contribution in [0.3, 0.4) is 0 Å². The lowest BCUT2D eigenvalue weighted by molar-refractivity contribution is 0.216. The van der Waals surface area contributed by atoms with Gasteiger partial charge in [-0.25, -0.2) is 0 Å². The normalized spacial score (nSPS) is 25.4. The lowest BCUT2D eigenvalue weighted by Gasteiger charge is -2.31. The minimum Gasteiger partial charge on any atom is -0.314 e. The van der Waals surface area contributed by atoms with Gasteiger partial charge >= 0.3 is 0 Å². The molecule has 0 radical (unpaired) electrons. The van der Waals surface area contributed by atoms with Crippen molar-refractivity contribution in [3.05, 3.63) is 20.8 Å². The summed E-state index contributed by atoms with van der Waals surface area (Å²) in [6.07, 6.45) is 2.64. The summed E-state index contributed by atoms with van der Waals surface area (Å²) in [5.41, 5.74) is 0. The Labute approximate surface area is 117 Å². The Bertz CT molecular complexity index is 353. The zero-order valence-electron chi connectivity index (χ0n) is 10.6. The monoisotopic (exact) mass is 316 g/mol. The van der Waals surface area contributed by atoms with Crippen molar-refractivity contribution in [1.82, 2.24) is 10.2 Å². The molecule has 2 atom stereocenters. The van der Waals surface area contributed by atoms with Crippen LogP contribution in [0.4, 0.5) is 0 Å². The van der Waals surface area contributed by atoms with Crippen LogP contribution in [-0.4, -0.2) is 31.1 Å². The van der Waals surface area contributed by atoms with Gasteiger partial charge in [0, 0.05) is 33.9 Å². The van der Waals surface area contributed by atoms with Gasteiger partial charge < -0.3 is 10.2 Å². The molecule has 96 valence electrons. The Balaban J connectivity index is 1.78. The molecule has 1 aromatic heterocycles. The number of hydrogen-bond acceptors (Lipinski definition) is 3. The van der Waals surface area contributed by atoms with Gasteiger partial charge in [0.2, 0.25) is 0 Å². The number of rotatable bonds is 4. The number of hydrogen-bond donors (Lipinski definition) is 1. The van der Waals surface area contributed by atoms with Crippen LogP contribution in [0.5, 0.6) is 0 Å². The van der Waals surface area contributed by atoms with E-state index in [9.17, 15) is 0 Å². The first-order valence-corrected chi connectivity index (χ1v) is 7.95. The molecule has 1 aromatic rings. The highest BCUT2D eigenvalue weighted by Gasteiger charge is 2.19. The molecule has 2 unspecified atom stereocenters. The maximum absolute atomic E-state index is 3.52. The molecular formula is C13H21BrN2S. The molecule has 1 aliphatic rings. The second-order valence-corrected chi connectivity index (χ2v) is 7.09. The standard InChI is InChI=1S/C13H21BrN2S/c1-10-5-11(3-4-15-10)7-16(2)8-13-6-12(14)9-17-13/h6,9-11,15H,3-5,7-8H2,1-2H3. The van der Waals surface area contributed by atoms with Crippen molar-refractivity contribution < 1.29 is 0 Å². The summed E-state index contributed by atoms with van der Waals surface area (Å²) in [7, 11) is 2.24. The molecule has 0 bridgehead atoms. The maximum Gasteiger partial charge on any atom is 0.0325 e. The summed E-state index contributed by atoms with van der Waals surface area (Å²) in [6.45, 7) is 5.78. The van der Waals surface area contributed by atoms with Crippen LogP contribution in [0.25, 0.3) is 0 Å². The average Bonchev–Trinajstić information content (AvgIpc) is 2.63. The van der Waals surface area contributed by atoms with Crippen molar-refractivity contribution >= 4 is 27.3 Å². The van der Waals surface area contributed by atoms with Gasteiger partial charge in [-0.15, -0.1) is 11.3 Å². The maximum atomic E-state index is 3.52. The number of nitrogens with one attached hydrogen (secondary N) is 1. The second-order valence-electron chi connectivity index (χ2n) is 5.17. The van der Waals surface area contributed by atoms with Crippen LogP contribution < -0.4 is 5.32 Å². The van der Waals surface area contributed by atoms with Crippen molar-refractivity contribution in [2.24, 2.45) is 5.92 Å². The first-order valence-electron chi connectivity index (χ1n) is 6.28. The molecule has 2 rings (SSSR count). The molecule has 1 N–H and O–H groups in total. The molecule has 1 aliphatic heterocycles. The number of thiophene rings is 1. The number of nitrogens with zero attached hydrogens (tertiary/aromatic N) is 1. The van der Waals surface area contributed by atoms with E-state index in [4.69, 9.17) is 0 Å². The van der Waals surface area contributed by atoms with E-state index in [-0.39, 0.29) is 0 Å². The van der Waals surface area contributed by atoms with Gasteiger partial charge in [-0.05, 0) is 61.3 Å². The molecule has 0 aliphatic carbocycles. The molecule has 4 heteroatoms. The fourth-order valence-electron chi connectivity index (χ4n) is 2.61. The second kappa shape index (κ2) is 6.32. The molecule has 1 fully saturated rings. The zero-order valence-corrected chi connectivity index (χ0v) is 13.0. The Morgan fingerprint density at radius 3 is 3.06 bits per heavy atom. The van der Waals surface area contributed by atoms with Crippen molar-refractivity contribution in [2.45, 2.75) is 32.4 Å².